The van der Waals surface area contributed by atoms with Gasteiger partial charge in [0.05, 0.1) is 0 Å². The van der Waals surface area contributed by atoms with Crippen molar-refractivity contribution in [2.24, 2.45) is 45.3 Å². The first-order valence-corrected chi connectivity index (χ1v) is 8.28. The van der Waals surface area contributed by atoms with Crippen LogP contribution in [0, 0.1) is 45.3 Å². The Morgan fingerprint density at radius 1 is 0.667 bits per heavy atom. The van der Waals surface area contributed by atoms with Gasteiger partial charge in [0, 0.05) is 0 Å². The van der Waals surface area contributed by atoms with Crippen LogP contribution in [0.15, 0.2) is 0 Å². The van der Waals surface area contributed by atoms with Crippen LogP contribution < -0.4 is 0 Å². The van der Waals surface area contributed by atoms with Crippen molar-refractivity contribution in [3.63, 3.8) is 0 Å². The Morgan fingerprint density at radius 3 is 1.78 bits per heavy atom. The van der Waals surface area contributed by atoms with Gasteiger partial charge < -0.3 is 0 Å². The van der Waals surface area contributed by atoms with E-state index in [1.54, 1.807) is 38.5 Å². The standard InChI is InChI=1S/C18H28/c1-15-6-12-11-5-16(2)9-17(12,3)14(8-15)18(4,10-16)13(11)7-15/h11-14H,5-10H2,1-4H3. The summed E-state index contributed by atoms with van der Waals surface area (Å²) in [5.74, 6) is 4.37. The van der Waals surface area contributed by atoms with Gasteiger partial charge in [0.1, 0.15) is 0 Å². The molecule has 18 heavy (non-hydrogen) atoms. The molecule has 7 rings (SSSR count). The third-order valence-corrected chi connectivity index (χ3v) is 8.79. The van der Waals surface area contributed by atoms with Crippen LogP contribution in [-0.2, 0) is 0 Å². The largest absolute Gasteiger partial charge is 0.0596 e. The maximum atomic E-state index is 2.70. The van der Waals surface area contributed by atoms with Crippen LogP contribution in [0.2, 0.25) is 0 Å². The second kappa shape index (κ2) is 2.47. The van der Waals surface area contributed by atoms with Crippen molar-refractivity contribution in [1.29, 1.82) is 0 Å². The average Bonchev–Trinajstić information content (AvgIpc) is 2.23. The second-order valence-corrected chi connectivity index (χ2v) is 10.2. The molecule has 0 aromatic carbocycles. The summed E-state index contributed by atoms with van der Waals surface area (Å²) in [6.45, 7) is 10.6. The van der Waals surface area contributed by atoms with Crippen molar-refractivity contribution in [1.82, 2.24) is 0 Å². The van der Waals surface area contributed by atoms with E-state index in [-0.39, 0.29) is 0 Å². The highest BCUT2D eigenvalue weighted by atomic mass is 14.8. The molecular weight excluding hydrogens is 216 g/mol. The van der Waals surface area contributed by atoms with Crippen LogP contribution in [0.25, 0.3) is 0 Å². The molecule has 0 aromatic heterocycles. The first kappa shape index (κ1) is 10.7. The van der Waals surface area contributed by atoms with Crippen LogP contribution in [0.3, 0.4) is 0 Å². The van der Waals surface area contributed by atoms with Crippen molar-refractivity contribution in [2.45, 2.75) is 66.2 Å². The van der Waals surface area contributed by atoms with Gasteiger partial charge in [-0.15, -0.1) is 0 Å². The maximum absolute atomic E-state index is 2.70. The van der Waals surface area contributed by atoms with Gasteiger partial charge in [-0.05, 0) is 83.9 Å². The minimum atomic E-state index is 0.711. The zero-order valence-corrected chi connectivity index (χ0v) is 12.6. The van der Waals surface area contributed by atoms with E-state index in [1.165, 1.54) is 0 Å². The molecule has 0 aliphatic heterocycles. The lowest BCUT2D eigenvalue weighted by molar-refractivity contribution is -0.326. The SMILES string of the molecule is CC12CC3C4CC5(C)CC3(C)C(C1)C(C)(C5)C4C2. The molecule has 0 N–H and O–H groups in total. The molecule has 0 heterocycles. The predicted octanol–water partition coefficient (Wildman–Crippen LogP) is 4.89. The van der Waals surface area contributed by atoms with Gasteiger partial charge in [0.25, 0.3) is 0 Å². The fourth-order valence-electron chi connectivity index (χ4n) is 8.98. The summed E-state index contributed by atoms with van der Waals surface area (Å²) in [5, 5.41) is 0. The molecule has 100 valence electrons. The monoisotopic (exact) mass is 244 g/mol. The van der Waals surface area contributed by atoms with Gasteiger partial charge in [0.2, 0.25) is 0 Å². The Kier molecular flexibility index (Phi) is 1.47. The lowest BCUT2D eigenvalue weighted by atomic mass is 9.23. The molecule has 4 atom stereocenters. The smallest absolute Gasteiger partial charge is 0.0256 e. The molecule has 7 aliphatic carbocycles. The highest BCUT2D eigenvalue weighted by molar-refractivity contribution is 5.25. The van der Waals surface area contributed by atoms with E-state index < -0.39 is 0 Å². The fraction of sp³-hybridized carbons (Fsp3) is 1.00. The molecule has 7 saturated carbocycles. The molecule has 0 radical (unpaired) electrons. The van der Waals surface area contributed by atoms with Crippen LogP contribution in [0.5, 0.6) is 0 Å². The number of hydrogen-bond acceptors (Lipinski definition) is 0. The average molecular weight is 244 g/mol. The Bertz CT molecular complexity index is 419. The van der Waals surface area contributed by atoms with E-state index in [0.29, 0.717) is 5.41 Å². The lowest BCUT2D eigenvalue weighted by Gasteiger charge is -2.81. The van der Waals surface area contributed by atoms with E-state index >= 15 is 0 Å². The van der Waals surface area contributed by atoms with Crippen LogP contribution >= 0.6 is 0 Å². The topological polar surface area (TPSA) is 0 Å². The summed E-state index contributed by atoms with van der Waals surface area (Å²) < 4.78 is 0. The molecular formula is C18H28. The van der Waals surface area contributed by atoms with Gasteiger partial charge in [-0.2, -0.15) is 0 Å². The number of hydrogen-bond donors (Lipinski definition) is 0. The minimum Gasteiger partial charge on any atom is -0.0596 e. The summed E-state index contributed by atoms with van der Waals surface area (Å²) in [4.78, 5) is 0. The van der Waals surface area contributed by atoms with Gasteiger partial charge in [0.15, 0.2) is 0 Å². The fourth-order valence-corrected chi connectivity index (χ4v) is 8.98. The molecule has 0 aromatic rings. The van der Waals surface area contributed by atoms with Crippen LogP contribution in [0.1, 0.15) is 66.2 Å². The molecule has 8 bridgehead atoms. The lowest BCUT2D eigenvalue weighted by Crippen LogP contribution is -2.74. The Balaban J connectivity index is 1.76. The summed E-state index contributed by atoms with van der Waals surface area (Å²) in [7, 11) is 0. The number of rotatable bonds is 0. The van der Waals surface area contributed by atoms with Crippen molar-refractivity contribution in [2.75, 3.05) is 0 Å². The highest BCUT2D eigenvalue weighted by Gasteiger charge is 2.76. The second-order valence-electron chi connectivity index (χ2n) is 10.2. The summed E-state index contributed by atoms with van der Waals surface area (Å²) in [5.41, 5.74) is 2.89. The van der Waals surface area contributed by atoms with Gasteiger partial charge in [-0.25, -0.2) is 0 Å². The Hall–Kier alpha value is 0. The van der Waals surface area contributed by atoms with Crippen LogP contribution in [-0.4, -0.2) is 0 Å². The molecule has 0 heteroatoms. The van der Waals surface area contributed by atoms with E-state index in [0.717, 1.165) is 39.9 Å². The van der Waals surface area contributed by atoms with E-state index in [9.17, 15) is 0 Å². The van der Waals surface area contributed by atoms with Gasteiger partial charge >= 0.3 is 0 Å². The first-order chi connectivity index (χ1) is 8.28. The normalized spacial score (nSPS) is 75.3. The van der Waals surface area contributed by atoms with E-state index in [4.69, 9.17) is 0 Å². The zero-order valence-electron chi connectivity index (χ0n) is 12.6. The third-order valence-electron chi connectivity index (χ3n) is 8.79. The Labute approximate surface area is 112 Å². The molecule has 0 spiro atoms. The molecule has 0 saturated heterocycles. The summed E-state index contributed by atoms with van der Waals surface area (Å²) in [6, 6.07) is 0. The van der Waals surface area contributed by atoms with Crippen molar-refractivity contribution < 1.29 is 0 Å². The Morgan fingerprint density at radius 2 is 1.22 bits per heavy atom. The molecule has 0 nitrogen and oxygen atoms in total. The predicted molar refractivity (Wildman–Crippen MR) is 74.1 cm³/mol. The van der Waals surface area contributed by atoms with E-state index in [1.807, 2.05) is 0 Å². The third kappa shape index (κ3) is 0.879. The molecule has 7 aliphatic rings. The highest BCUT2D eigenvalue weighted by Crippen LogP contribution is 2.84. The molecule has 0 amide bonds. The van der Waals surface area contributed by atoms with Gasteiger partial charge in [-0.1, -0.05) is 27.7 Å². The minimum absolute atomic E-state index is 0.711. The summed E-state index contributed by atoms with van der Waals surface area (Å²) in [6.07, 6.45) is 9.42. The molecule has 7 fully saturated rings. The van der Waals surface area contributed by atoms with Crippen molar-refractivity contribution >= 4 is 0 Å². The quantitative estimate of drug-likeness (QED) is 0.569. The van der Waals surface area contributed by atoms with Gasteiger partial charge in [-0.3, -0.25) is 0 Å². The first-order valence-electron chi connectivity index (χ1n) is 8.28. The zero-order chi connectivity index (χ0) is 12.6. The van der Waals surface area contributed by atoms with Crippen LogP contribution in [0.4, 0.5) is 0 Å². The van der Waals surface area contributed by atoms with Crippen molar-refractivity contribution in [3.05, 3.63) is 0 Å². The molecule has 4 unspecified atom stereocenters. The van der Waals surface area contributed by atoms with E-state index in [2.05, 4.69) is 27.7 Å². The van der Waals surface area contributed by atoms with Crippen molar-refractivity contribution in [3.8, 4) is 0 Å². The maximum Gasteiger partial charge on any atom is -0.0256 e. The summed E-state index contributed by atoms with van der Waals surface area (Å²) >= 11 is 0.